The van der Waals surface area contributed by atoms with Crippen LogP contribution in [0.25, 0.3) is 10.2 Å². The minimum Gasteiger partial charge on any atom is -0.466 e. The molecule has 5 nitrogen and oxygen atoms in total. The largest absolute Gasteiger partial charge is 0.466 e. The van der Waals surface area contributed by atoms with E-state index >= 15 is 0 Å². The number of piperidine rings is 1. The third-order valence-corrected chi connectivity index (χ3v) is 7.14. The molecule has 0 N–H and O–H groups in total. The average Bonchev–Trinajstić information content (AvgIpc) is 3.26. The molecule has 1 aliphatic heterocycles. The third kappa shape index (κ3) is 4.32. The second-order valence-corrected chi connectivity index (χ2v) is 10.2. The molecular weight excluding hydrogens is 464 g/mol. The first-order valence-electron chi connectivity index (χ1n) is 10.3. The van der Waals surface area contributed by atoms with E-state index < -0.39 is 0 Å². The zero-order valence-corrected chi connectivity index (χ0v) is 19.6. The second kappa shape index (κ2) is 8.94. The summed E-state index contributed by atoms with van der Waals surface area (Å²) in [6.07, 6.45) is 1.59. The zero-order valence-electron chi connectivity index (χ0n) is 17.2. The van der Waals surface area contributed by atoms with Crippen LogP contribution >= 0.6 is 27.3 Å². The molecule has 3 aromatic rings. The first-order chi connectivity index (χ1) is 14.5. The smallest absolute Gasteiger partial charge is 0.310 e. The summed E-state index contributed by atoms with van der Waals surface area (Å²) >= 11 is 5.20. The summed E-state index contributed by atoms with van der Waals surface area (Å²) in [5, 5.41) is 0. The Balaban J connectivity index is 1.64. The number of hydrogen-bond donors (Lipinski definition) is 0. The van der Waals surface area contributed by atoms with E-state index in [1.807, 2.05) is 17.9 Å². The van der Waals surface area contributed by atoms with Gasteiger partial charge in [-0.3, -0.25) is 9.59 Å². The zero-order chi connectivity index (χ0) is 21.3. The summed E-state index contributed by atoms with van der Waals surface area (Å²) < 4.78 is 9.41. The Bertz CT molecular complexity index is 1070. The van der Waals surface area contributed by atoms with E-state index in [1.165, 1.54) is 5.56 Å². The molecule has 0 bridgehead atoms. The number of esters is 1. The number of carbonyl (C=O) groups excluding carboxylic acids is 2. The molecular formula is C23H25BrN2O3S. The number of rotatable bonds is 5. The molecule has 1 saturated heterocycles. The topological polar surface area (TPSA) is 51.5 Å². The lowest BCUT2D eigenvalue weighted by atomic mass is 9.98. The van der Waals surface area contributed by atoms with Crippen LogP contribution in [0.5, 0.6) is 0 Å². The lowest BCUT2D eigenvalue weighted by molar-refractivity contribution is -0.149. The molecule has 1 atom stereocenters. The third-order valence-electron chi connectivity index (χ3n) is 5.57. The van der Waals surface area contributed by atoms with E-state index in [1.54, 1.807) is 11.3 Å². The van der Waals surface area contributed by atoms with E-state index in [0.717, 1.165) is 32.4 Å². The molecule has 4 rings (SSSR count). The van der Waals surface area contributed by atoms with Gasteiger partial charge in [-0.1, -0.05) is 29.8 Å². The maximum atomic E-state index is 13.5. The van der Waals surface area contributed by atoms with Crippen LogP contribution in [0.3, 0.4) is 0 Å². The predicted molar refractivity (Wildman–Crippen MR) is 123 cm³/mol. The van der Waals surface area contributed by atoms with Crippen molar-refractivity contribution in [3.05, 3.63) is 57.0 Å². The van der Waals surface area contributed by atoms with Crippen molar-refractivity contribution in [2.75, 3.05) is 19.7 Å². The Kier molecular flexibility index (Phi) is 6.29. The quantitative estimate of drug-likeness (QED) is 0.461. The highest BCUT2D eigenvalue weighted by Gasteiger charge is 2.31. The number of aromatic nitrogens is 1. The van der Waals surface area contributed by atoms with E-state index in [2.05, 4.69) is 57.8 Å². The van der Waals surface area contributed by atoms with Crippen molar-refractivity contribution in [2.45, 2.75) is 33.2 Å². The summed E-state index contributed by atoms with van der Waals surface area (Å²) in [4.78, 5) is 27.5. The molecule has 0 saturated carbocycles. The number of carbonyl (C=O) groups is 2. The molecule has 30 heavy (non-hydrogen) atoms. The van der Waals surface area contributed by atoms with Crippen LogP contribution in [0.15, 0.2) is 40.2 Å². The molecule has 1 aromatic carbocycles. The fraction of sp³-hybridized carbons (Fsp3) is 0.391. The van der Waals surface area contributed by atoms with Crippen molar-refractivity contribution in [2.24, 2.45) is 5.92 Å². The lowest BCUT2D eigenvalue weighted by Gasteiger charge is -2.31. The minimum atomic E-state index is -0.238. The molecule has 1 amide bonds. The monoisotopic (exact) mass is 488 g/mol. The lowest BCUT2D eigenvalue weighted by Crippen LogP contribution is -2.43. The molecule has 1 fully saturated rings. The molecule has 0 radical (unpaired) electrons. The van der Waals surface area contributed by atoms with Crippen molar-refractivity contribution in [3.8, 4) is 0 Å². The maximum Gasteiger partial charge on any atom is 0.310 e. The van der Waals surface area contributed by atoms with Gasteiger partial charge in [0.25, 0.3) is 5.91 Å². The van der Waals surface area contributed by atoms with Crippen LogP contribution in [-0.2, 0) is 16.1 Å². The molecule has 0 spiro atoms. The first-order valence-corrected chi connectivity index (χ1v) is 11.9. The van der Waals surface area contributed by atoms with Crippen molar-refractivity contribution < 1.29 is 14.3 Å². The van der Waals surface area contributed by atoms with Crippen LogP contribution in [0.1, 0.15) is 41.4 Å². The first kappa shape index (κ1) is 21.1. The summed E-state index contributed by atoms with van der Waals surface area (Å²) in [6, 6.07) is 12.5. The van der Waals surface area contributed by atoms with Gasteiger partial charge in [0.1, 0.15) is 5.69 Å². The highest BCUT2D eigenvalue weighted by molar-refractivity contribution is 9.11. The van der Waals surface area contributed by atoms with Gasteiger partial charge in [0, 0.05) is 19.6 Å². The van der Waals surface area contributed by atoms with Crippen LogP contribution in [0.4, 0.5) is 0 Å². The van der Waals surface area contributed by atoms with E-state index in [0.29, 0.717) is 31.9 Å². The van der Waals surface area contributed by atoms with Crippen molar-refractivity contribution in [1.29, 1.82) is 0 Å². The predicted octanol–water partition coefficient (Wildman–Crippen LogP) is 5.24. The molecule has 0 aliphatic carbocycles. The summed E-state index contributed by atoms with van der Waals surface area (Å²) in [5.41, 5.74) is 4.09. The van der Waals surface area contributed by atoms with Crippen molar-refractivity contribution in [3.63, 3.8) is 0 Å². The Hall–Kier alpha value is -2.12. The van der Waals surface area contributed by atoms with Gasteiger partial charge >= 0.3 is 5.97 Å². The molecule has 3 heterocycles. The number of nitrogens with zero attached hydrogens (tertiary/aromatic N) is 2. The van der Waals surface area contributed by atoms with Gasteiger partial charge in [0.05, 0.1) is 26.5 Å². The number of thiophene rings is 1. The van der Waals surface area contributed by atoms with Crippen molar-refractivity contribution in [1.82, 2.24) is 9.47 Å². The van der Waals surface area contributed by atoms with Gasteiger partial charge in [-0.05, 0) is 60.3 Å². The number of likely N-dealkylation sites (tertiary alicyclic amines) is 1. The Labute approximate surface area is 188 Å². The summed E-state index contributed by atoms with van der Waals surface area (Å²) in [6.45, 7) is 5.97. The van der Waals surface area contributed by atoms with E-state index in [4.69, 9.17) is 4.74 Å². The molecule has 1 aliphatic rings. The molecule has 7 heteroatoms. The minimum absolute atomic E-state index is 0.0179. The number of amides is 1. The van der Waals surface area contributed by atoms with Crippen LogP contribution in [0.2, 0.25) is 0 Å². The van der Waals surface area contributed by atoms with Gasteiger partial charge in [-0.15, -0.1) is 11.3 Å². The number of ether oxygens (including phenoxy) is 1. The number of aryl methyl sites for hydroxylation is 1. The van der Waals surface area contributed by atoms with Crippen LogP contribution < -0.4 is 0 Å². The number of halogens is 1. The molecule has 158 valence electrons. The van der Waals surface area contributed by atoms with E-state index in [-0.39, 0.29) is 17.8 Å². The van der Waals surface area contributed by atoms with Gasteiger partial charge in [-0.2, -0.15) is 0 Å². The van der Waals surface area contributed by atoms with Crippen LogP contribution in [0, 0.1) is 12.8 Å². The molecule has 2 aromatic heterocycles. The van der Waals surface area contributed by atoms with Gasteiger partial charge in [-0.25, -0.2) is 0 Å². The second-order valence-electron chi connectivity index (χ2n) is 7.74. The van der Waals surface area contributed by atoms with Gasteiger partial charge < -0.3 is 14.2 Å². The fourth-order valence-corrected chi connectivity index (χ4v) is 5.58. The average molecular weight is 489 g/mol. The summed E-state index contributed by atoms with van der Waals surface area (Å²) in [7, 11) is 0. The number of hydrogen-bond acceptors (Lipinski definition) is 4. The highest BCUT2D eigenvalue weighted by Crippen LogP contribution is 2.34. The summed E-state index contributed by atoms with van der Waals surface area (Å²) in [5.74, 6) is -0.455. The standard InChI is InChI=1S/C23H25BrN2O3S/c1-3-29-23(28)17-5-4-10-25(14-17)22(27)19-11-20-18(12-21(24)30-20)26(19)13-16-8-6-15(2)7-9-16/h6-9,11-12,17H,3-5,10,13-14H2,1-2H3/t17-/m0/s1. The van der Waals surface area contributed by atoms with Gasteiger partial charge in [0.2, 0.25) is 0 Å². The van der Waals surface area contributed by atoms with E-state index in [9.17, 15) is 9.59 Å². The normalized spacial score (nSPS) is 16.8. The highest BCUT2D eigenvalue weighted by atomic mass is 79.9. The Morgan fingerprint density at radius 2 is 2.00 bits per heavy atom. The van der Waals surface area contributed by atoms with Crippen LogP contribution in [-0.4, -0.2) is 41.0 Å². The SMILES string of the molecule is CCOC(=O)[C@H]1CCCN(C(=O)c2cc3sc(Br)cc3n2Cc2ccc(C)cc2)C1. The van der Waals surface area contributed by atoms with Gasteiger partial charge in [0.15, 0.2) is 0 Å². The number of benzene rings is 1. The Morgan fingerprint density at radius 3 is 2.73 bits per heavy atom. The fourth-order valence-electron chi connectivity index (χ4n) is 4.01. The van der Waals surface area contributed by atoms with Crippen molar-refractivity contribution >= 4 is 49.4 Å². The Morgan fingerprint density at radius 1 is 1.23 bits per heavy atom. The maximum absolute atomic E-state index is 13.5. The molecule has 0 unspecified atom stereocenters. The number of fused-ring (bicyclic) bond motifs is 1.